The van der Waals surface area contributed by atoms with Crippen LogP contribution < -0.4 is 16.4 Å². The molecule has 0 spiro atoms. The van der Waals surface area contributed by atoms with Gasteiger partial charge in [-0.05, 0) is 35.6 Å². The molecule has 0 saturated carbocycles. The van der Waals surface area contributed by atoms with Crippen molar-refractivity contribution in [1.82, 2.24) is 15.5 Å². The quantitative estimate of drug-likeness (QED) is 0.643. The maximum absolute atomic E-state index is 12.7. The van der Waals surface area contributed by atoms with E-state index in [1.165, 1.54) is 0 Å². The summed E-state index contributed by atoms with van der Waals surface area (Å²) in [4.78, 5) is 37.6. The van der Waals surface area contributed by atoms with Crippen LogP contribution in [0.25, 0.3) is 0 Å². The van der Waals surface area contributed by atoms with Crippen molar-refractivity contribution in [3.8, 4) is 0 Å². The van der Waals surface area contributed by atoms with E-state index in [9.17, 15) is 14.4 Å². The minimum Gasteiger partial charge on any atom is -0.330 e. The summed E-state index contributed by atoms with van der Waals surface area (Å²) in [7, 11) is 0. The van der Waals surface area contributed by atoms with Gasteiger partial charge in [0.2, 0.25) is 11.8 Å². The van der Waals surface area contributed by atoms with Gasteiger partial charge in [-0.25, -0.2) is 0 Å². The Morgan fingerprint density at radius 2 is 2.08 bits per heavy atom. The number of carbonyl (C=O) groups is 3. The molecule has 7 heteroatoms. The van der Waals surface area contributed by atoms with Crippen molar-refractivity contribution in [3.05, 3.63) is 34.9 Å². The maximum atomic E-state index is 12.7. The minimum atomic E-state index is -0.570. The van der Waals surface area contributed by atoms with Crippen LogP contribution in [0.1, 0.15) is 48.2 Å². The van der Waals surface area contributed by atoms with Crippen LogP contribution >= 0.6 is 0 Å². The molecular formula is C19H26N4O3. The zero-order valence-corrected chi connectivity index (χ0v) is 15.3. The van der Waals surface area contributed by atoms with Crippen molar-refractivity contribution in [1.29, 1.82) is 0 Å². The van der Waals surface area contributed by atoms with E-state index >= 15 is 0 Å². The number of amides is 3. The lowest BCUT2D eigenvalue weighted by molar-refractivity contribution is -0.136. The lowest BCUT2D eigenvalue weighted by Crippen LogP contribution is -2.52. The van der Waals surface area contributed by atoms with Crippen molar-refractivity contribution in [3.63, 3.8) is 0 Å². The summed E-state index contributed by atoms with van der Waals surface area (Å²) in [6.07, 6.45) is 0.648. The highest BCUT2D eigenvalue weighted by Crippen LogP contribution is 2.28. The van der Waals surface area contributed by atoms with Gasteiger partial charge in [-0.1, -0.05) is 26.0 Å². The Balaban J connectivity index is 1.66. The Labute approximate surface area is 153 Å². The monoisotopic (exact) mass is 358 g/mol. The standard InChI is InChI=1S/C19H26N4O3/c1-19(2,10-20)11-21-8-12-3-4-14-13(7-12)9-23(18(14)26)15-5-6-16(24)22-17(15)25/h3-4,7,15,21H,5-6,8-11,20H2,1-2H3,(H,22,24,25). The molecule has 2 heterocycles. The number of piperidine rings is 1. The van der Waals surface area contributed by atoms with Gasteiger partial charge in [0.25, 0.3) is 5.91 Å². The van der Waals surface area contributed by atoms with Crippen molar-refractivity contribution in [2.75, 3.05) is 13.1 Å². The average molecular weight is 358 g/mol. The number of imide groups is 1. The first kappa shape index (κ1) is 18.5. The van der Waals surface area contributed by atoms with Crippen LogP contribution in [-0.4, -0.2) is 41.8 Å². The summed E-state index contributed by atoms with van der Waals surface area (Å²) in [5.41, 5.74) is 8.44. The number of hydrogen-bond acceptors (Lipinski definition) is 5. The second-order valence-electron chi connectivity index (χ2n) is 7.86. The molecule has 0 aliphatic carbocycles. The predicted octanol–water partition coefficient (Wildman–Crippen LogP) is 0.522. The molecule has 0 radical (unpaired) electrons. The molecule has 1 unspecified atom stereocenters. The summed E-state index contributed by atoms with van der Waals surface area (Å²) >= 11 is 0. The molecule has 2 aliphatic heterocycles. The van der Waals surface area contributed by atoms with Crippen molar-refractivity contribution in [2.45, 2.75) is 45.8 Å². The fourth-order valence-electron chi connectivity index (χ4n) is 3.36. The molecule has 3 amide bonds. The predicted molar refractivity (Wildman–Crippen MR) is 97.0 cm³/mol. The van der Waals surface area contributed by atoms with Gasteiger partial charge in [-0.3, -0.25) is 19.7 Å². The molecule has 1 atom stereocenters. The molecule has 1 saturated heterocycles. The fraction of sp³-hybridized carbons (Fsp3) is 0.526. The minimum absolute atomic E-state index is 0.0370. The van der Waals surface area contributed by atoms with Gasteiger partial charge >= 0.3 is 0 Å². The molecule has 140 valence electrons. The summed E-state index contributed by atoms with van der Waals surface area (Å²) in [6, 6.07) is 5.21. The van der Waals surface area contributed by atoms with E-state index in [4.69, 9.17) is 5.73 Å². The second-order valence-corrected chi connectivity index (χ2v) is 7.86. The zero-order chi connectivity index (χ0) is 18.9. The summed E-state index contributed by atoms with van der Waals surface area (Å²) in [5, 5.41) is 5.72. The lowest BCUT2D eigenvalue weighted by atomic mass is 9.94. The highest BCUT2D eigenvalue weighted by molar-refractivity contribution is 6.05. The average Bonchev–Trinajstić information content (AvgIpc) is 2.91. The number of hydrogen-bond donors (Lipinski definition) is 3. The Kier molecular flexibility index (Phi) is 5.11. The van der Waals surface area contributed by atoms with E-state index < -0.39 is 6.04 Å². The van der Waals surface area contributed by atoms with Gasteiger partial charge in [0, 0.05) is 31.6 Å². The normalized spacial score (nSPS) is 20.3. The molecule has 3 rings (SSSR count). The van der Waals surface area contributed by atoms with E-state index in [1.807, 2.05) is 18.2 Å². The highest BCUT2D eigenvalue weighted by atomic mass is 16.2. The van der Waals surface area contributed by atoms with Crippen molar-refractivity contribution >= 4 is 17.7 Å². The number of rotatable bonds is 6. The van der Waals surface area contributed by atoms with Crippen LogP contribution in [0.2, 0.25) is 0 Å². The van der Waals surface area contributed by atoms with Crippen LogP contribution in [0.15, 0.2) is 18.2 Å². The van der Waals surface area contributed by atoms with E-state index in [0.29, 0.717) is 31.6 Å². The van der Waals surface area contributed by atoms with Crippen LogP contribution in [0, 0.1) is 5.41 Å². The molecule has 1 fully saturated rings. The first-order valence-corrected chi connectivity index (χ1v) is 8.98. The van der Waals surface area contributed by atoms with Crippen LogP contribution in [0.3, 0.4) is 0 Å². The molecule has 1 aromatic carbocycles. The number of benzene rings is 1. The number of nitrogens with two attached hydrogens (primary N) is 1. The Morgan fingerprint density at radius 3 is 2.77 bits per heavy atom. The molecular weight excluding hydrogens is 332 g/mol. The van der Waals surface area contributed by atoms with Gasteiger partial charge in [-0.15, -0.1) is 0 Å². The fourth-order valence-corrected chi connectivity index (χ4v) is 3.36. The Bertz CT molecular complexity index is 744. The van der Waals surface area contributed by atoms with E-state index in [-0.39, 0.29) is 29.6 Å². The number of fused-ring (bicyclic) bond motifs is 1. The molecule has 4 N–H and O–H groups in total. The first-order chi connectivity index (χ1) is 12.3. The Morgan fingerprint density at radius 1 is 1.31 bits per heavy atom. The van der Waals surface area contributed by atoms with E-state index in [1.54, 1.807) is 4.90 Å². The second kappa shape index (κ2) is 7.17. The van der Waals surface area contributed by atoms with Crippen LogP contribution in [0.5, 0.6) is 0 Å². The molecule has 2 aliphatic rings. The molecule has 0 aromatic heterocycles. The van der Waals surface area contributed by atoms with E-state index in [0.717, 1.165) is 17.7 Å². The van der Waals surface area contributed by atoms with E-state index in [2.05, 4.69) is 24.5 Å². The number of nitrogens with one attached hydrogen (secondary N) is 2. The van der Waals surface area contributed by atoms with Crippen molar-refractivity contribution < 1.29 is 14.4 Å². The van der Waals surface area contributed by atoms with Gasteiger partial charge in [0.05, 0.1) is 0 Å². The summed E-state index contributed by atoms with van der Waals surface area (Å²) in [5.74, 6) is -0.796. The zero-order valence-electron chi connectivity index (χ0n) is 15.3. The number of carbonyl (C=O) groups excluding carboxylic acids is 3. The van der Waals surface area contributed by atoms with Crippen LogP contribution in [-0.2, 0) is 22.7 Å². The van der Waals surface area contributed by atoms with Gasteiger partial charge < -0.3 is 16.0 Å². The summed E-state index contributed by atoms with van der Waals surface area (Å²) < 4.78 is 0. The van der Waals surface area contributed by atoms with Gasteiger partial charge in [-0.2, -0.15) is 0 Å². The SMILES string of the molecule is CC(C)(CN)CNCc1ccc2c(c1)CN(C1CCC(=O)NC1=O)C2=O. The lowest BCUT2D eigenvalue weighted by Gasteiger charge is -2.29. The highest BCUT2D eigenvalue weighted by Gasteiger charge is 2.38. The van der Waals surface area contributed by atoms with Crippen molar-refractivity contribution in [2.24, 2.45) is 11.1 Å². The molecule has 1 aromatic rings. The number of nitrogens with zero attached hydrogens (tertiary/aromatic N) is 1. The first-order valence-electron chi connectivity index (χ1n) is 8.98. The Hall–Kier alpha value is -2.25. The topological polar surface area (TPSA) is 105 Å². The largest absolute Gasteiger partial charge is 0.330 e. The summed E-state index contributed by atoms with van der Waals surface area (Å²) in [6.45, 7) is 6.74. The molecule has 26 heavy (non-hydrogen) atoms. The third-order valence-electron chi connectivity index (χ3n) is 5.07. The smallest absolute Gasteiger partial charge is 0.255 e. The van der Waals surface area contributed by atoms with Gasteiger partial charge in [0.15, 0.2) is 0 Å². The third kappa shape index (κ3) is 3.78. The molecule has 7 nitrogen and oxygen atoms in total. The van der Waals surface area contributed by atoms with Crippen LogP contribution in [0.4, 0.5) is 0 Å². The maximum Gasteiger partial charge on any atom is 0.255 e. The van der Waals surface area contributed by atoms with Gasteiger partial charge in [0.1, 0.15) is 6.04 Å². The third-order valence-corrected chi connectivity index (χ3v) is 5.07. The molecule has 0 bridgehead atoms.